The van der Waals surface area contributed by atoms with Crippen LogP contribution in [0, 0.1) is 0 Å². The fraction of sp³-hybridized carbons (Fsp3) is 0.667. The molecule has 2 heterocycles. The first kappa shape index (κ1) is 11.3. The number of aromatic nitrogens is 2. The molecule has 1 saturated heterocycles. The second-order valence-electron chi connectivity index (χ2n) is 5.11. The number of morpholine rings is 1. The monoisotopic (exact) mass is 221 g/mol. The number of anilines is 1. The van der Waals surface area contributed by atoms with Crippen molar-refractivity contribution in [2.75, 3.05) is 31.2 Å². The molecule has 0 amide bonds. The molecule has 2 rings (SSSR count). The number of hydrogen-bond donors (Lipinski definition) is 0. The Morgan fingerprint density at radius 1 is 1.19 bits per heavy atom. The Kier molecular flexibility index (Phi) is 3.10. The van der Waals surface area contributed by atoms with Gasteiger partial charge < -0.3 is 9.64 Å². The minimum atomic E-state index is 0.0734. The highest BCUT2D eigenvalue weighted by Crippen LogP contribution is 2.22. The van der Waals surface area contributed by atoms with E-state index in [2.05, 4.69) is 41.7 Å². The molecule has 1 aliphatic rings. The fourth-order valence-electron chi connectivity index (χ4n) is 1.72. The molecule has 4 heteroatoms. The first-order valence-corrected chi connectivity index (χ1v) is 5.72. The zero-order valence-corrected chi connectivity index (χ0v) is 10.2. The molecule has 0 N–H and O–H groups in total. The molecule has 0 atom stereocenters. The van der Waals surface area contributed by atoms with Gasteiger partial charge >= 0.3 is 0 Å². The van der Waals surface area contributed by atoms with Gasteiger partial charge in [0.1, 0.15) is 12.1 Å². The van der Waals surface area contributed by atoms with E-state index in [0.29, 0.717) is 0 Å². The largest absolute Gasteiger partial charge is 0.378 e. The van der Waals surface area contributed by atoms with Crippen LogP contribution in [-0.4, -0.2) is 36.3 Å². The molecule has 0 aliphatic carbocycles. The van der Waals surface area contributed by atoms with E-state index in [1.807, 2.05) is 0 Å². The van der Waals surface area contributed by atoms with E-state index in [4.69, 9.17) is 4.74 Å². The molecule has 4 nitrogen and oxygen atoms in total. The predicted molar refractivity (Wildman–Crippen MR) is 63.8 cm³/mol. The zero-order valence-electron chi connectivity index (χ0n) is 10.2. The highest BCUT2D eigenvalue weighted by Gasteiger charge is 2.18. The van der Waals surface area contributed by atoms with Gasteiger partial charge in [0.15, 0.2) is 0 Å². The van der Waals surface area contributed by atoms with Crippen LogP contribution in [0.3, 0.4) is 0 Å². The molecule has 1 aromatic rings. The Labute approximate surface area is 96.7 Å². The molecule has 1 fully saturated rings. The van der Waals surface area contributed by atoms with Crippen molar-refractivity contribution < 1.29 is 4.74 Å². The molecular formula is C12H19N3O. The van der Waals surface area contributed by atoms with Gasteiger partial charge in [-0.2, -0.15) is 0 Å². The van der Waals surface area contributed by atoms with Crippen LogP contribution >= 0.6 is 0 Å². The maximum absolute atomic E-state index is 5.33. The van der Waals surface area contributed by atoms with Gasteiger partial charge in [-0.15, -0.1) is 0 Å². The van der Waals surface area contributed by atoms with E-state index < -0.39 is 0 Å². The normalized spacial score (nSPS) is 17.6. The van der Waals surface area contributed by atoms with E-state index in [1.54, 1.807) is 6.33 Å². The molecule has 0 unspecified atom stereocenters. The third kappa shape index (κ3) is 2.50. The Balaban J connectivity index is 2.21. The van der Waals surface area contributed by atoms with Crippen molar-refractivity contribution in [3.63, 3.8) is 0 Å². The molecule has 16 heavy (non-hydrogen) atoms. The number of hydrogen-bond acceptors (Lipinski definition) is 4. The van der Waals surface area contributed by atoms with Gasteiger partial charge in [0.25, 0.3) is 0 Å². The molecule has 88 valence electrons. The number of nitrogens with zero attached hydrogens (tertiary/aromatic N) is 3. The Morgan fingerprint density at radius 2 is 1.88 bits per heavy atom. The predicted octanol–water partition coefficient (Wildman–Crippen LogP) is 1.61. The summed E-state index contributed by atoms with van der Waals surface area (Å²) in [5.74, 6) is 1.02. The summed E-state index contributed by atoms with van der Waals surface area (Å²) in [4.78, 5) is 10.9. The van der Waals surface area contributed by atoms with Crippen LogP contribution in [0.15, 0.2) is 12.4 Å². The Bertz CT molecular complexity index is 354. The minimum absolute atomic E-state index is 0.0734. The van der Waals surface area contributed by atoms with Crippen molar-refractivity contribution in [1.29, 1.82) is 0 Å². The van der Waals surface area contributed by atoms with Crippen LogP contribution in [-0.2, 0) is 10.2 Å². The molecule has 1 aromatic heterocycles. The van der Waals surface area contributed by atoms with Gasteiger partial charge in [-0.25, -0.2) is 9.97 Å². The first-order valence-electron chi connectivity index (χ1n) is 5.72. The SMILES string of the molecule is CC(C)(C)c1cc(N2CCOCC2)ncn1. The molecule has 1 aliphatic heterocycles. The van der Waals surface area contributed by atoms with Gasteiger partial charge in [0.05, 0.1) is 18.9 Å². The molecule has 0 bridgehead atoms. The average molecular weight is 221 g/mol. The molecule has 0 radical (unpaired) electrons. The maximum Gasteiger partial charge on any atom is 0.132 e. The lowest BCUT2D eigenvalue weighted by atomic mass is 9.92. The lowest BCUT2D eigenvalue weighted by molar-refractivity contribution is 0.122. The van der Waals surface area contributed by atoms with E-state index in [-0.39, 0.29) is 5.41 Å². The summed E-state index contributed by atoms with van der Waals surface area (Å²) in [5, 5.41) is 0. The van der Waals surface area contributed by atoms with Crippen molar-refractivity contribution >= 4 is 5.82 Å². The van der Waals surface area contributed by atoms with Crippen LogP contribution < -0.4 is 4.90 Å². The molecule has 0 saturated carbocycles. The lowest BCUT2D eigenvalue weighted by Crippen LogP contribution is -2.37. The second kappa shape index (κ2) is 4.37. The highest BCUT2D eigenvalue weighted by atomic mass is 16.5. The zero-order chi connectivity index (χ0) is 11.6. The molecule has 0 aromatic carbocycles. The molecule has 0 spiro atoms. The van der Waals surface area contributed by atoms with Gasteiger partial charge in [0, 0.05) is 24.6 Å². The van der Waals surface area contributed by atoms with Crippen molar-refractivity contribution in [3.8, 4) is 0 Å². The van der Waals surface area contributed by atoms with Crippen molar-refractivity contribution in [3.05, 3.63) is 18.1 Å². The van der Waals surface area contributed by atoms with Crippen LogP contribution in [0.25, 0.3) is 0 Å². The van der Waals surface area contributed by atoms with E-state index in [0.717, 1.165) is 37.8 Å². The van der Waals surface area contributed by atoms with Crippen molar-refractivity contribution in [1.82, 2.24) is 9.97 Å². The average Bonchev–Trinajstić information content (AvgIpc) is 2.29. The Hall–Kier alpha value is -1.16. The van der Waals surface area contributed by atoms with Crippen LogP contribution in [0.4, 0.5) is 5.82 Å². The van der Waals surface area contributed by atoms with E-state index in [1.165, 1.54) is 0 Å². The van der Waals surface area contributed by atoms with Gasteiger partial charge in [-0.1, -0.05) is 20.8 Å². The smallest absolute Gasteiger partial charge is 0.132 e. The summed E-state index contributed by atoms with van der Waals surface area (Å²) < 4.78 is 5.33. The minimum Gasteiger partial charge on any atom is -0.378 e. The van der Waals surface area contributed by atoms with Gasteiger partial charge in [0.2, 0.25) is 0 Å². The third-order valence-corrected chi connectivity index (χ3v) is 2.76. The first-order chi connectivity index (χ1) is 7.57. The molecular weight excluding hydrogens is 202 g/mol. The highest BCUT2D eigenvalue weighted by molar-refractivity contribution is 5.40. The number of ether oxygens (including phenoxy) is 1. The topological polar surface area (TPSA) is 38.2 Å². The Morgan fingerprint density at radius 3 is 2.50 bits per heavy atom. The van der Waals surface area contributed by atoms with Gasteiger partial charge in [-0.3, -0.25) is 0 Å². The maximum atomic E-state index is 5.33. The second-order valence-corrected chi connectivity index (χ2v) is 5.11. The van der Waals surface area contributed by atoms with Crippen LogP contribution in [0.5, 0.6) is 0 Å². The van der Waals surface area contributed by atoms with E-state index >= 15 is 0 Å². The standard InChI is InChI=1S/C12H19N3O/c1-12(2,3)10-8-11(14-9-13-10)15-4-6-16-7-5-15/h8-9H,4-7H2,1-3H3. The summed E-state index contributed by atoms with van der Waals surface area (Å²) in [6.45, 7) is 9.90. The van der Waals surface area contributed by atoms with Crippen molar-refractivity contribution in [2.45, 2.75) is 26.2 Å². The fourth-order valence-corrected chi connectivity index (χ4v) is 1.72. The summed E-state index contributed by atoms with van der Waals surface area (Å²) in [6, 6.07) is 2.09. The third-order valence-electron chi connectivity index (χ3n) is 2.76. The number of rotatable bonds is 1. The van der Waals surface area contributed by atoms with E-state index in [9.17, 15) is 0 Å². The van der Waals surface area contributed by atoms with Crippen molar-refractivity contribution in [2.24, 2.45) is 0 Å². The summed E-state index contributed by atoms with van der Waals surface area (Å²) in [5.41, 5.74) is 1.16. The summed E-state index contributed by atoms with van der Waals surface area (Å²) >= 11 is 0. The summed E-state index contributed by atoms with van der Waals surface area (Å²) in [7, 11) is 0. The van der Waals surface area contributed by atoms with Crippen LogP contribution in [0.1, 0.15) is 26.5 Å². The van der Waals surface area contributed by atoms with Crippen LogP contribution in [0.2, 0.25) is 0 Å². The quantitative estimate of drug-likeness (QED) is 0.722. The lowest BCUT2D eigenvalue weighted by Gasteiger charge is -2.28. The van der Waals surface area contributed by atoms with Gasteiger partial charge in [-0.05, 0) is 0 Å². The summed E-state index contributed by atoms with van der Waals surface area (Å²) in [6.07, 6.45) is 1.66.